The number of esters is 1. The van der Waals surface area contributed by atoms with Gasteiger partial charge in [0.15, 0.2) is 0 Å². The van der Waals surface area contributed by atoms with Crippen molar-refractivity contribution in [1.82, 2.24) is 0 Å². The molecule has 14 nitrogen and oxygen atoms in total. The van der Waals surface area contributed by atoms with Gasteiger partial charge in [0.05, 0.1) is 13.2 Å². The van der Waals surface area contributed by atoms with Crippen molar-refractivity contribution >= 4 is 5.97 Å². The molecule has 40 heavy (non-hydrogen) atoms. The average molecular weight is 569 g/mol. The molecule has 0 amide bonds. The molecule has 8 N–H and O–H groups in total. The minimum absolute atomic E-state index is 0.159. The van der Waals surface area contributed by atoms with Crippen LogP contribution in [0.3, 0.4) is 0 Å². The van der Waals surface area contributed by atoms with Gasteiger partial charge in [-0.1, -0.05) is 36.4 Å². The lowest BCUT2D eigenvalue weighted by molar-refractivity contribution is -0.278. The van der Waals surface area contributed by atoms with E-state index in [1.54, 1.807) is 30.3 Å². The van der Waals surface area contributed by atoms with Gasteiger partial charge in [-0.3, -0.25) is 0 Å². The van der Waals surface area contributed by atoms with E-state index in [-0.39, 0.29) is 23.7 Å². The van der Waals surface area contributed by atoms with Crippen molar-refractivity contribution in [2.75, 3.05) is 13.2 Å². The first-order valence-electron chi connectivity index (χ1n) is 12.4. The van der Waals surface area contributed by atoms with E-state index in [9.17, 15) is 45.6 Å². The predicted octanol–water partition coefficient (Wildman–Crippen LogP) is -2.60. The van der Waals surface area contributed by atoms with Crippen LogP contribution in [-0.2, 0) is 20.8 Å². The number of aliphatic hydroxyl groups excluding tert-OH is 8. The number of benzene rings is 2. The van der Waals surface area contributed by atoms with Crippen LogP contribution in [0.5, 0.6) is 11.5 Å². The minimum atomic E-state index is -1.79. The van der Waals surface area contributed by atoms with Crippen molar-refractivity contribution in [3.05, 3.63) is 59.7 Å². The van der Waals surface area contributed by atoms with E-state index < -0.39 is 80.6 Å². The van der Waals surface area contributed by atoms with Crippen LogP contribution in [0.1, 0.15) is 15.9 Å². The number of ether oxygens (including phenoxy) is 5. The third-order valence-corrected chi connectivity index (χ3v) is 6.59. The smallest absolute Gasteiger partial charge is 0.346 e. The monoisotopic (exact) mass is 568 g/mol. The van der Waals surface area contributed by atoms with Gasteiger partial charge in [0, 0.05) is 0 Å². The van der Waals surface area contributed by atoms with Crippen LogP contribution in [0.15, 0.2) is 48.5 Å². The van der Waals surface area contributed by atoms with Crippen molar-refractivity contribution in [2.45, 2.75) is 68.0 Å². The zero-order valence-corrected chi connectivity index (χ0v) is 21.0. The third kappa shape index (κ3) is 6.37. The zero-order valence-electron chi connectivity index (χ0n) is 21.0. The predicted molar refractivity (Wildman–Crippen MR) is 131 cm³/mol. The van der Waals surface area contributed by atoms with Crippen LogP contribution < -0.4 is 9.47 Å². The van der Waals surface area contributed by atoms with Crippen LogP contribution >= 0.6 is 0 Å². The lowest BCUT2D eigenvalue weighted by atomic mass is 9.99. The van der Waals surface area contributed by atoms with Gasteiger partial charge in [-0.05, 0) is 17.7 Å². The van der Waals surface area contributed by atoms with Crippen LogP contribution in [-0.4, -0.2) is 121 Å². The van der Waals surface area contributed by atoms with Gasteiger partial charge < -0.3 is 64.5 Å². The molecule has 14 heteroatoms. The van der Waals surface area contributed by atoms with Gasteiger partial charge in [-0.2, -0.15) is 0 Å². The first-order chi connectivity index (χ1) is 19.2. The molecule has 10 atom stereocenters. The summed E-state index contributed by atoms with van der Waals surface area (Å²) in [6.45, 7) is -1.58. The van der Waals surface area contributed by atoms with Crippen molar-refractivity contribution in [2.24, 2.45) is 0 Å². The van der Waals surface area contributed by atoms with Gasteiger partial charge in [0.25, 0.3) is 0 Å². The summed E-state index contributed by atoms with van der Waals surface area (Å²) in [6, 6.07) is 12.7. The summed E-state index contributed by atoms with van der Waals surface area (Å²) in [4.78, 5) is 13.3. The highest BCUT2D eigenvalue weighted by Crippen LogP contribution is 2.35. The zero-order chi connectivity index (χ0) is 29.0. The second kappa shape index (κ2) is 13.2. The normalized spacial score (nSPS) is 34.2. The Labute approximate surface area is 228 Å². The number of rotatable bonds is 9. The van der Waals surface area contributed by atoms with Gasteiger partial charge in [0.2, 0.25) is 12.6 Å². The van der Waals surface area contributed by atoms with E-state index in [0.29, 0.717) is 5.56 Å². The summed E-state index contributed by atoms with van der Waals surface area (Å²) in [6.07, 6.45) is -16.3. The molecule has 0 radical (unpaired) electrons. The molecule has 2 aromatic carbocycles. The number of carbonyl (C=O) groups excluding carboxylic acids is 1. The molecule has 0 saturated carbocycles. The first kappa shape index (κ1) is 30.1. The van der Waals surface area contributed by atoms with Crippen molar-refractivity contribution in [3.8, 4) is 11.5 Å². The Morgan fingerprint density at radius 1 is 0.650 bits per heavy atom. The standard InChI is InChI=1S/C26H32O14/c27-9-15-18(29)20(31)22(33)25(39-15)37-13-7-4-8-14(17(13)24(35)36-11-12-5-2-1-3-6-12)38-26-23(34)21(32)19(30)16(10-28)40-26/h1-8,15-16,18-23,25-34H,9-11H2/t15-,16-,18-,19-,20+,21+,22-,23-,25-,26-/m1/s1. The minimum Gasteiger partial charge on any atom is -0.461 e. The quantitative estimate of drug-likeness (QED) is 0.145. The van der Waals surface area contributed by atoms with Crippen LogP contribution in [0.2, 0.25) is 0 Å². The molecule has 2 aromatic rings. The highest BCUT2D eigenvalue weighted by molar-refractivity contribution is 5.95. The molecule has 2 fully saturated rings. The molecule has 2 aliphatic rings. The molecule has 4 rings (SSSR count). The van der Waals surface area contributed by atoms with E-state index in [2.05, 4.69) is 0 Å². The van der Waals surface area contributed by atoms with E-state index in [1.807, 2.05) is 0 Å². The first-order valence-corrected chi connectivity index (χ1v) is 12.4. The Morgan fingerprint density at radius 2 is 1.12 bits per heavy atom. The Kier molecular flexibility index (Phi) is 9.91. The molecule has 0 spiro atoms. The molecular formula is C26H32O14. The Balaban J connectivity index is 1.65. The molecule has 2 aliphatic heterocycles. The maximum atomic E-state index is 13.3. The Bertz CT molecular complexity index is 1060. The van der Waals surface area contributed by atoms with E-state index in [0.717, 1.165) is 0 Å². The number of hydrogen-bond acceptors (Lipinski definition) is 14. The molecular weight excluding hydrogens is 536 g/mol. The third-order valence-electron chi connectivity index (χ3n) is 6.59. The molecule has 220 valence electrons. The van der Waals surface area contributed by atoms with Gasteiger partial charge in [-0.15, -0.1) is 0 Å². The summed E-state index contributed by atoms with van der Waals surface area (Å²) in [5, 5.41) is 80.2. The fourth-order valence-electron chi connectivity index (χ4n) is 4.28. The molecule has 0 aromatic heterocycles. The van der Waals surface area contributed by atoms with Gasteiger partial charge in [-0.25, -0.2) is 4.79 Å². The fourth-order valence-corrected chi connectivity index (χ4v) is 4.28. The number of aliphatic hydroxyl groups is 8. The summed E-state index contributed by atoms with van der Waals surface area (Å²) in [7, 11) is 0. The van der Waals surface area contributed by atoms with Crippen molar-refractivity contribution in [1.29, 1.82) is 0 Å². The van der Waals surface area contributed by atoms with E-state index >= 15 is 0 Å². The average Bonchev–Trinajstić information content (AvgIpc) is 2.97. The van der Waals surface area contributed by atoms with Crippen LogP contribution in [0, 0.1) is 0 Å². The summed E-state index contributed by atoms with van der Waals surface area (Å²) < 4.78 is 27.6. The summed E-state index contributed by atoms with van der Waals surface area (Å²) in [5.41, 5.74) is 0.284. The molecule has 2 heterocycles. The second-order valence-electron chi connectivity index (χ2n) is 9.32. The lowest BCUT2D eigenvalue weighted by Gasteiger charge is -2.40. The van der Waals surface area contributed by atoms with Crippen molar-refractivity contribution in [3.63, 3.8) is 0 Å². The number of hydrogen-bond donors (Lipinski definition) is 8. The van der Waals surface area contributed by atoms with E-state index in [1.165, 1.54) is 18.2 Å². The largest absolute Gasteiger partial charge is 0.461 e. The Morgan fingerprint density at radius 3 is 1.57 bits per heavy atom. The molecule has 2 saturated heterocycles. The lowest BCUT2D eigenvalue weighted by Crippen LogP contribution is -2.60. The molecule has 0 aliphatic carbocycles. The van der Waals surface area contributed by atoms with Crippen molar-refractivity contribution < 1.29 is 69.3 Å². The Hall–Kier alpha value is -2.89. The van der Waals surface area contributed by atoms with Crippen LogP contribution in [0.4, 0.5) is 0 Å². The van der Waals surface area contributed by atoms with Gasteiger partial charge in [0.1, 0.15) is 72.5 Å². The SMILES string of the molecule is O=C(OCc1ccccc1)c1c(O[C@@H]2O[C@H](CO)[C@@H](O)[C@H](O)[C@H]2O)cccc1O[C@@H]1O[C@H](CO)[C@@H](O)[C@H](O)[C@H]1O. The highest BCUT2D eigenvalue weighted by atomic mass is 16.7. The fraction of sp³-hybridized carbons (Fsp3) is 0.500. The maximum Gasteiger partial charge on any atom is 0.346 e. The van der Waals surface area contributed by atoms with E-state index in [4.69, 9.17) is 23.7 Å². The topological polar surface area (TPSA) is 225 Å². The molecule has 0 bridgehead atoms. The van der Waals surface area contributed by atoms with Crippen LogP contribution in [0.25, 0.3) is 0 Å². The summed E-state index contributed by atoms with van der Waals surface area (Å²) in [5.74, 6) is -1.53. The van der Waals surface area contributed by atoms with Gasteiger partial charge >= 0.3 is 5.97 Å². The number of carbonyl (C=O) groups is 1. The highest BCUT2D eigenvalue weighted by Gasteiger charge is 2.47. The summed E-state index contributed by atoms with van der Waals surface area (Å²) >= 11 is 0. The maximum absolute atomic E-state index is 13.3. The second-order valence-corrected chi connectivity index (χ2v) is 9.32. The molecule has 0 unspecified atom stereocenters.